The van der Waals surface area contributed by atoms with Crippen LogP contribution in [0.15, 0.2) is 90.0 Å². The van der Waals surface area contributed by atoms with Gasteiger partial charge < -0.3 is 9.84 Å². The van der Waals surface area contributed by atoms with Crippen molar-refractivity contribution in [3.63, 3.8) is 0 Å². The molecule has 3 aromatic carbocycles. The standard InChI is InChI=1S/C25H20N4O3/c1-32-23-14-17(12-13-22(23)30)16-26-29-25(31)24-27-20(18-8-4-2-5-9-18)15-21(28-24)19-10-6-3-7-11-19/h2-16,30H,1H3,(H,29,31)/b26-16-. The lowest BCUT2D eigenvalue weighted by molar-refractivity contribution is 0.0945. The van der Waals surface area contributed by atoms with Crippen LogP contribution in [0, 0.1) is 0 Å². The van der Waals surface area contributed by atoms with Gasteiger partial charge in [0.15, 0.2) is 11.5 Å². The summed E-state index contributed by atoms with van der Waals surface area (Å²) in [6.07, 6.45) is 1.44. The van der Waals surface area contributed by atoms with Gasteiger partial charge in [-0.25, -0.2) is 15.4 Å². The van der Waals surface area contributed by atoms with E-state index in [2.05, 4.69) is 20.5 Å². The maximum atomic E-state index is 12.8. The van der Waals surface area contributed by atoms with Gasteiger partial charge in [-0.15, -0.1) is 0 Å². The number of hydrazone groups is 1. The number of hydrogen-bond donors (Lipinski definition) is 2. The van der Waals surface area contributed by atoms with E-state index in [0.717, 1.165) is 11.1 Å². The summed E-state index contributed by atoms with van der Waals surface area (Å²) in [4.78, 5) is 21.7. The maximum absolute atomic E-state index is 12.8. The molecule has 0 spiro atoms. The smallest absolute Gasteiger partial charge is 0.309 e. The van der Waals surface area contributed by atoms with E-state index in [1.54, 1.807) is 12.1 Å². The molecule has 0 fully saturated rings. The molecule has 0 aliphatic carbocycles. The van der Waals surface area contributed by atoms with Gasteiger partial charge in [0.05, 0.1) is 24.7 Å². The normalized spacial score (nSPS) is 10.8. The summed E-state index contributed by atoms with van der Waals surface area (Å²) in [5.74, 6) is -0.201. The highest BCUT2D eigenvalue weighted by Gasteiger charge is 2.14. The summed E-state index contributed by atoms with van der Waals surface area (Å²) in [6, 6.07) is 25.8. The Hall–Kier alpha value is -4.52. The van der Waals surface area contributed by atoms with Crippen molar-refractivity contribution in [1.29, 1.82) is 0 Å². The Kier molecular flexibility index (Phi) is 6.17. The van der Waals surface area contributed by atoms with Crippen molar-refractivity contribution < 1.29 is 14.6 Å². The van der Waals surface area contributed by atoms with E-state index in [1.165, 1.54) is 19.4 Å². The summed E-state index contributed by atoms with van der Waals surface area (Å²) >= 11 is 0. The first-order valence-electron chi connectivity index (χ1n) is 9.84. The Labute approximate surface area is 185 Å². The third-order valence-corrected chi connectivity index (χ3v) is 4.65. The quantitative estimate of drug-likeness (QED) is 0.356. The van der Waals surface area contributed by atoms with Crippen LogP contribution in [-0.2, 0) is 0 Å². The molecule has 0 aliphatic rings. The lowest BCUT2D eigenvalue weighted by atomic mass is 10.1. The summed E-state index contributed by atoms with van der Waals surface area (Å²) in [5.41, 5.74) is 6.13. The van der Waals surface area contributed by atoms with Gasteiger partial charge in [-0.2, -0.15) is 5.10 Å². The number of methoxy groups -OCH3 is 1. The highest BCUT2D eigenvalue weighted by Crippen LogP contribution is 2.26. The fourth-order valence-electron chi connectivity index (χ4n) is 3.05. The zero-order chi connectivity index (χ0) is 22.3. The number of nitrogens with one attached hydrogen (secondary N) is 1. The van der Waals surface area contributed by atoms with E-state index in [9.17, 15) is 9.90 Å². The Morgan fingerprint density at radius 1 is 0.906 bits per heavy atom. The van der Waals surface area contributed by atoms with Crippen molar-refractivity contribution >= 4 is 12.1 Å². The van der Waals surface area contributed by atoms with Gasteiger partial charge in [-0.3, -0.25) is 4.79 Å². The summed E-state index contributed by atoms with van der Waals surface area (Å²) in [6.45, 7) is 0. The van der Waals surface area contributed by atoms with Crippen molar-refractivity contribution in [3.05, 3.63) is 96.3 Å². The average Bonchev–Trinajstić information content (AvgIpc) is 2.85. The lowest BCUT2D eigenvalue weighted by Crippen LogP contribution is -2.21. The highest BCUT2D eigenvalue weighted by molar-refractivity contribution is 5.92. The molecule has 7 heteroatoms. The first-order valence-corrected chi connectivity index (χ1v) is 9.84. The van der Waals surface area contributed by atoms with Crippen LogP contribution >= 0.6 is 0 Å². The van der Waals surface area contributed by atoms with Gasteiger partial charge in [-0.05, 0) is 29.8 Å². The Morgan fingerprint density at radius 3 is 2.06 bits per heavy atom. The maximum Gasteiger partial charge on any atom is 0.309 e. The zero-order valence-corrected chi connectivity index (χ0v) is 17.3. The van der Waals surface area contributed by atoms with Crippen LogP contribution in [0.4, 0.5) is 0 Å². The van der Waals surface area contributed by atoms with E-state index in [0.29, 0.717) is 22.7 Å². The predicted molar refractivity (Wildman–Crippen MR) is 123 cm³/mol. The number of nitrogens with zero attached hydrogens (tertiary/aromatic N) is 3. The van der Waals surface area contributed by atoms with Crippen LogP contribution in [0.5, 0.6) is 11.5 Å². The molecule has 4 rings (SSSR count). The van der Waals surface area contributed by atoms with E-state index >= 15 is 0 Å². The number of phenols is 1. The predicted octanol–water partition coefficient (Wildman–Crippen LogP) is 4.29. The van der Waals surface area contributed by atoms with Crippen LogP contribution < -0.4 is 10.2 Å². The zero-order valence-electron chi connectivity index (χ0n) is 17.3. The van der Waals surface area contributed by atoms with Crippen molar-refractivity contribution in [1.82, 2.24) is 15.4 Å². The molecule has 1 amide bonds. The number of amides is 1. The second-order valence-electron chi connectivity index (χ2n) is 6.82. The molecule has 0 unspecified atom stereocenters. The molecule has 0 bridgehead atoms. The topological polar surface area (TPSA) is 96.7 Å². The molecule has 0 radical (unpaired) electrons. The van der Waals surface area contributed by atoms with Gasteiger partial charge in [0, 0.05) is 11.1 Å². The molecule has 4 aromatic rings. The highest BCUT2D eigenvalue weighted by atomic mass is 16.5. The van der Waals surface area contributed by atoms with Crippen molar-refractivity contribution in [2.45, 2.75) is 0 Å². The van der Waals surface area contributed by atoms with Gasteiger partial charge in [0.25, 0.3) is 0 Å². The molecule has 1 heterocycles. The van der Waals surface area contributed by atoms with Crippen LogP contribution in [0.2, 0.25) is 0 Å². The van der Waals surface area contributed by atoms with Crippen molar-refractivity contribution in [2.75, 3.05) is 7.11 Å². The van der Waals surface area contributed by atoms with E-state index < -0.39 is 5.91 Å². The van der Waals surface area contributed by atoms with Gasteiger partial charge >= 0.3 is 5.91 Å². The number of carbonyl (C=O) groups excluding carboxylic acids is 1. The number of carbonyl (C=O) groups is 1. The molecule has 7 nitrogen and oxygen atoms in total. The Balaban J connectivity index is 1.62. The van der Waals surface area contributed by atoms with Crippen LogP contribution in [0.1, 0.15) is 16.2 Å². The summed E-state index contributed by atoms with van der Waals surface area (Å²) < 4.78 is 5.07. The monoisotopic (exact) mass is 424 g/mol. The number of aromatic hydroxyl groups is 1. The molecular formula is C25H20N4O3. The van der Waals surface area contributed by atoms with Gasteiger partial charge in [0.1, 0.15) is 0 Å². The van der Waals surface area contributed by atoms with Crippen LogP contribution in [-0.4, -0.2) is 34.3 Å². The number of ether oxygens (including phenoxy) is 1. The Bertz CT molecular complexity index is 1200. The number of benzene rings is 3. The molecule has 0 aliphatic heterocycles. The molecule has 0 saturated heterocycles. The molecule has 1 aromatic heterocycles. The number of aromatic nitrogens is 2. The van der Waals surface area contributed by atoms with Crippen molar-refractivity contribution in [3.8, 4) is 34.0 Å². The molecular weight excluding hydrogens is 404 g/mol. The lowest BCUT2D eigenvalue weighted by Gasteiger charge is -2.08. The minimum atomic E-state index is -0.540. The van der Waals surface area contributed by atoms with Crippen LogP contribution in [0.3, 0.4) is 0 Å². The molecule has 158 valence electrons. The number of rotatable bonds is 6. The van der Waals surface area contributed by atoms with Crippen molar-refractivity contribution in [2.24, 2.45) is 5.10 Å². The third-order valence-electron chi connectivity index (χ3n) is 4.65. The fourth-order valence-corrected chi connectivity index (χ4v) is 3.05. The molecule has 2 N–H and O–H groups in total. The Morgan fingerprint density at radius 2 is 1.50 bits per heavy atom. The molecule has 0 atom stereocenters. The summed E-state index contributed by atoms with van der Waals surface area (Å²) in [7, 11) is 1.46. The van der Waals surface area contributed by atoms with E-state index in [4.69, 9.17) is 4.74 Å². The van der Waals surface area contributed by atoms with Crippen LogP contribution in [0.25, 0.3) is 22.5 Å². The first kappa shape index (κ1) is 20.7. The minimum Gasteiger partial charge on any atom is -0.504 e. The number of hydrogen-bond acceptors (Lipinski definition) is 6. The molecule has 32 heavy (non-hydrogen) atoms. The second kappa shape index (κ2) is 9.53. The minimum absolute atomic E-state index is 0.00522. The SMILES string of the molecule is COc1cc(/C=N\NC(=O)c2nc(-c3ccccc3)cc(-c3ccccc3)n2)ccc1O. The van der Waals surface area contributed by atoms with Gasteiger partial charge in [-0.1, -0.05) is 60.7 Å². The number of phenolic OH excluding ortho intramolecular Hbond substituents is 1. The second-order valence-corrected chi connectivity index (χ2v) is 6.82. The fraction of sp³-hybridized carbons (Fsp3) is 0.0400. The third kappa shape index (κ3) is 4.79. The summed E-state index contributed by atoms with van der Waals surface area (Å²) in [5, 5.41) is 13.7. The van der Waals surface area contributed by atoms with E-state index in [1.807, 2.05) is 66.7 Å². The van der Waals surface area contributed by atoms with Gasteiger partial charge in [0.2, 0.25) is 5.82 Å². The first-order chi connectivity index (χ1) is 15.6. The average molecular weight is 424 g/mol. The molecule has 0 saturated carbocycles. The van der Waals surface area contributed by atoms with E-state index in [-0.39, 0.29) is 11.6 Å². The largest absolute Gasteiger partial charge is 0.504 e.